The lowest BCUT2D eigenvalue weighted by Crippen LogP contribution is -2.18. The van der Waals surface area contributed by atoms with Gasteiger partial charge in [0.2, 0.25) is 5.88 Å². The molecule has 0 saturated carbocycles. The monoisotopic (exact) mass is 280 g/mol. The fourth-order valence-electron chi connectivity index (χ4n) is 0.850. The Balaban J connectivity index is 3.00. The zero-order valence-electron chi connectivity index (χ0n) is 7.18. The molecule has 1 aromatic rings. The van der Waals surface area contributed by atoms with Gasteiger partial charge in [-0.1, -0.05) is 15.9 Å². The van der Waals surface area contributed by atoms with Gasteiger partial charge in [-0.2, -0.15) is 5.26 Å². The molecule has 3 nitrogen and oxygen atoms in total. The van der Waals surface area contributed by atoms with Crippen molar-refractivity contribution < 1.29 is 17.9 Å². The molecule has 0 aromatic carbocycles. The zero-order chi connectivity index (χ0) is 11.5. The maximum absolute atomic E-state index is 11.8. The second-order valence-corrected chi connectivity index (χ2v) is 3.01. The van der Waals surface area contributed by atoms with Crippen LogP contribution in [0.15, 0.2) is 12.1 Å². The van der Waals surface area contributed by atoms with E-state index >= 15 is 0 Å². The fourth-order valence-corrected chi connectivity index (χ4v) is 1.30. The molecule has 7 heteroatoms. The van der Waals surface area contributed by atoms with Gasteiger partial charge in [-0.25, -0.2) is 4.98 Å². The first-order valence-electron chi connectivity index (χ1n) is 3.68. The molecular weight excluding hydrogens is 277 g/mol. The summed E-state index contributed by atoms with van der Waals surface area (Å²) in [7, 11) is 0. The lowest BCUT2D eigenvalue weighted by molar-refractivity contribution is -0.276. The molecule has 0 amide bonds. The Kier molecular flexibility index (Phi) is 3.52. The minimum absolute atomic E-state index is 0.0892. The topological polar surface area (TPSA) is 45.9 Å². The predicted octanol–water partition coefficient (Wildman–Crippen LogP) is 2.75. The number of rotatable bonds is 2. The van der Waals surface area contributed by atoms with Crippen LogP contribution in [0.2, 0.25) is 0 Å². The van der Waals surface area contributed by atoms with Crippen molar-refractivity contribution in [3.05, 3.63) is 23.4 Å². The molecule has 0 N–H and O–H groups in total. The third-order valence-corrected chi connectivity index (χ3v) is 2.03. The largest absolute Gasteiger partial charge is 0.574 e. The van der Waals surface area contributed by atoms with E-state index < -0.39 is 12.2 Å². The molecule has 0 unspecified atom stereocenters. The number of ether oxygens (including phenoxy) is 1. The standard InChI is InChI=1S/C8H4BrF3N2O/c9-3-5-1-2-7(14-6(5)4-13)15-8(10,11)12/h1-2H,3H2. The number of hydrogen-bond acceptors (Lipinski definition) is 3. The highest BCUT2D eigenvalue weighted by molar-refractivity contribution is 9.08. The Bertz CT molecular complexity index is 400. The summed E-state index contributed by atoms with van der Waals surface area (Å²) in [6.07, 6.45) is -4.80. The highest BCUT2D eigenvalue weighted by Gasteiger charge is 2.31. The van der Waals surface area contributed by atoms with E-state index in [0.717, 1.165) is 6.07 Å². The summed E-state index contributed by atoms with van der Waals surface area (Å²) in [5, 5.41) is 8.94. The van der Waals surface area contributed by atoms with Crippen molar-refractivity contribution in [2.45, 2.75) is 11.7 Å². The highest BCUT2D eigenvalue weighted by atomic mass is 79.9. The Hall–Kier alpha value is -1.29. The van der Waals surface area contributed by atoms with Crippen LogP contribution in [0.1, 0.15) is 11.3 Å². The van der Waals surface area contributed by atoms with Crippen molar-refractivity contribution in [2.24, 2.45) is 0 Å². The Morgan fingerprint density at radius 1 is 1.47 bits per heavy atom. The quantitative estimate of drug-likeness (QED) is 0.783. The van der Waals surface area contributed by atoms with E-state index in [1.54, 1.807) is 6.07 Å². The summed E-state index contributed by atoms with van der Waals surface area (Å²) in [6, 6.07) is 4.09. The molecule has 0 radical (unpaired) electrons. The van der Waals surface area contributed by atoms with Gasteiger partial charge in [0.25, 0.3) is 0 Å². The van der Waals surface area contributed by atoms with E-state index in [9.17, 15) is 13.2 Å². The summed E-state index contributed by atoms with van der Waals surface area (Å²) >= 11 is 3.08. The van der Waals surface area contributed by atoms with Crippen molar-refractivity contribution in [3.63, 3.8) is 0 Å². The van der Waals surface area contributed by atoms with Crippen LogP contribution >= 0.6 is 15.9 Å². The van der Waals surface area contributed by atoms with Crippen LogP contribution in [0, 0.1) is 11.3 Å². The van der Waals surface area contributed by atoms with Gasteiger partial charge < -0.3 is 4.74 Å². The average Bonchev–Trinajstić information content (AvgIpc) is 2.15. The maximum Gasteiger partial charge on any atom is 0.574 e. The second kappa shape index (κ2) is 4.49. The van der Waals surface area contributed by atoms with Gasteiger partial charge in [0, 0.05) is 11.4 Å². The molecule has 0 aliphatic heterocycles. The predicted molar refractivity (Wildman–Crippen MR) is 48.3 cm³/mol. The number of pyridine rings is 1. The summed E-state index contributed by atoms with van der Waals surface area (Å²) in [5.41, 5.74) is 0.417. The summed E-state index contributed by atoms with van der Waals surface area (Å²) < 4.78 is 39.0. The van der Waals surface area contributed by atoms with Gasteiger partial charge in [-0.05, 0) is 11.6 Å². The molecular formula is C8H4BrF3N2O. The Morgan fingerprint density at radius 2 is 2.13 bits per heavy atom. The molecule has 15 heavy (non-hydrogen) atoms. The van der Waals surface area contributed by atoms with Crippen LogP contribution in [-0.2, 0) is 5.33 Å². The number of aromatic nitrogens is 1. The molecule has 1 rings (SSSR count). The smallest absolute Gasteiger partial charge is 0.388 e. The highest BCUT2D eigenvalue weighted by Crippen LogP contribution is 2.22. The zero-order valence-corrected chi connectivity index (χ0v) is 8.76. The third kappa shape index (κ3) is 3.40. The maximum atomic E-state index is 11.8. The van der Waals surface area contributed by atoms with Crippen LogP contribution in [-0.4, -0.2) is 11.3 Å². The van der Waals surface area contributed by atoms with Crippen LogP contribution in [0.3, 0.4) is 0 Å². The van der Waals surface area contributed by atoms with Crippen molar-refractivity contribution in [2.75, 3.05) is 0 Å². The molecule has 80 valence electrons. The van der Waals surface area contributed by atoms with Crippen molar-refractivity contribution >= 4 is 15.9 Å². The number of nitrogens with zero attached hydrogens (tertiary/aromatic N) is 2. The van der Waals surface area contributed by atoms with Crippen molar-refractivity contribution in [1.29, 1.82) is 5.26 Å². The number of nitriles is 1. The van der Waals surface area contributed by atoms with Gasteiger partial charge in [0.05, 0.1) is 0 Å². The Morgan fingerprint density at radius 3 is 2.60 bits per heavy atom. The lowest BCUT2D eigenvalue weighted by Gasteiger charge is -2.08. The molecule has 0 atom stereocenters. The first kappa shape index (κ1) is 11.8. The van der Waals surface area contributed by atoms with Gasteiger partial charge in [-0.15, -0.1) is 13.2 Å². The Labute approximate surface area is 91.6 Å². The van der Waals surface area contributed by atoms with Gasteiger partial charge in [0.15, 0.2) is 0 Å². The minimum Gasteiger partial charge on any atom is -0.388 e. The average molecular weight is 281 g/mol. The molecule has 1 aromatic heterocycles. The van der Waals surface area contributed by atoms with Crippen molar-refractivity contribution in [3.8, 4) is 11.9 Å². The third-order valence-electron chi connectivity index (χ3n) is 1.42. The van der Waals surface area contributed by atoms with E-state index in [1.165, 1.54) is 6.07 Å². The summed E-state index contributed by atoms with van der Waals surface area (Å²) in [5.74, 6) is -0.635. The summed E-state index contributed by atoms with van der Waals surface area (Å²) in [4.78, 5) is 3.41. The van der Waals surface area contributed by atoms with E-state index in [2.05, 4.69) is 25.7 Å². The minimum atomic E-state index is -4.80. The van der Waals surface area contributed by atoms with E-state index in [-0.39, 0.29) is 5.69 Å². The molecule has 0 bridgehead atoms. The van der Waals surface area contributed by atoms with Gasteiger partial charge >= 0.3 is 6.36 Å². The van der Waals surface area contributed by atoms with Gasteiger partial charge in [0.1, 0.15) is 11.8 Å². The van der Waals surface area contributed by atoms with Gasteiger partial charge in [-0.3, -0.25) is 0 Å². The first-order valence-corrected chi connectivity index (χ1v) is 4.80. The normalized spacial score (nSPS) is 10.9. The molecule has 0 spiro atoms. The number of halogens is 4. The van der Waals surface area contributed by atoms with E-state index in [4.69, 9.17) is 5.26 Å². The number of hydrogen-bond donors (Lipinski definition) is 0. The SMILES string of the molecule is N#Cc1nc(OC(F)(F)F)ccc1CBr. The van der Waals surface area contributed by atoms with Crippen molar-refractivity contribution in [1.82, 2.24) is 4.98 Å². The lowest BCUT2D eigenvalue weighted by atomic mass is 10.2. The molecule has 0 saturated heterocycles. The van der Waals surface area contributed by atoms with Crippen LogP contribution < -0.4 is 4.74 Å². The number of alkyl halides is 4. The first-order chi connectivity index (χ1) is 6.96. The molecule has 0 fully saturated rings. The molecule has 0 aliphatic carbocycles. The second-order valence-electron chi connectivity index (χ2n) is 2.45. The van der Waals surface area contributed by atoms with Crippen LogP contribution in [0.5, 0.6) is 5.88 Å². The molecule has 0 aliphatic rings. The molecule has 1 heterocycles. The van der Waals surface area contributed by atoms with E-state index in [0.29, 0.717) is 10.9 Å². The fraction of sp³-hybridized carbons (Fsp3) is 0.250. The van der Waals surface area contributed by atoms with Crippen LogP contribution in [0.4, 0.5) is 13.2 Å². The van der Waals surface area contributed by atoms with E-state index in [1.807, 2.05) is 0 Å². The summed E-state index contributed by atoms with van der Waals surface area (Å²) in [6.45, 7) is 0. The van der Waals surface area contributed by atoms with Crippen LogP contribution in [0.25, 0.3) is 0 Å².